The molecule has 0 amide bonds. The molecule has 1 aliphatic heterocycles. The van der Waals surface area contributed by atoms with Crippen LogP contribution in [0.1, 0.15) is 30.9 Å². The molecular weight excluding hydrogens is 372 g/mol. The van der Waals surface area contributed by atoms with Gasteiger partial charge in [0.2, 0.25) is 0 Å². The van der Waals surface area contributed by atoms with Gasteiger partial charge >= 0.3 is 0 Å². The van der Waals surface area contributed by atoms with E-state index in [4.69, 9.17) is 0 Å². The molecule has 1 atom stereocenters. The number of benzene rings is 1. The van der Waals surface area contributed by atoms with Crippen molar-refractivity contribution in [1.29, 1.82) is 0 Å². The van der Waals surface area contributed by atoms with Gasteiger partial charge in [0.05, 0.1) is 0 Å². The van der Waals surface area contributed by atoms with E-state index in [9.17, 15) is 0 Å². The lowest BCUT2D eigenvalue weighted by molar-refractivity contribution is 0.249. The van der Waals surface area contributed by atoms with Crippen molar-refractivity contribution in [3.05, 3.63) is 59.8 Å². The van der Waals surface area contributed by atoms with E-state index in [0.717, 1.165) is 50.8 Å². The normalized spacial score (nSPS) is 16.6. The number of guanidine groups is 1. The highest BCUT2D eigenvalue weighted by Crippen LogP contribution is 2.18. The zero-order valence-corrected chi connectivity index (χ0v) is 18.8. The molecule has 0 spiro atoms. The second-order valence-electron chi connectivity index (χ2n) is 8.30. The van der Waals surface area contributed by atoms with Crippen LogP contribution in [0.4, 0.5) is 5.82 Å². The molecule has 0 aliphatic carbocycles. The Balaban J connectivity index is 1.41. The molecule has 3 rings (SSSR count). The van der Waals surface area contributed by atoms with E-state index >= 15 is 0 Å². The Morgan fingerprint density at radius 3 is 2.57 bits per heavy atom. The minimum atomic E-state index is 0.401. The molecule has 2 N–H and O–H groups in total. The summed E-state index contributed by atoms with van der Waals surface area (Å²) in [5, 5.41) is 7.11. The van der Waals surface area contributed by atoms with E-state index in [2.05, 4.69) is 93.8 Å². The van der Waals surface area contributed by atoms with Crippen LogP contribution in [-0.4, -0.2) is 61.7 Å². The Morgan fingerprint density at radius 2 is 1.93 bits per heavy atom. The largest absolute Gasteiger partial charge is 0.356 e. The van der Waals surface area contributed by atoms with Gasteiger partial charge in [0, 0.05) is 51.5 Å². The standard InChI is InChI=1S/C24H36N6/c1-19-10-11-23(26-16-19)30-14-12-22(13-15-30)28-24(25-3)27-17-20(2)29(4)18-21-8-6-5-7-9-21/h5-11,16,20,22H,12-15,17-18H2,1-4H3,(H2,25,27,28). The molecule has 1 fully saturated rings. The molecule has 0 saturated carbocycles. The molecule has 162 valence electrons. The second-order valence-corrected chi connectivity index (χ2v) is 8.30. The molecular formula is C24H36N6. The number of nitrogens with one attached hydrogen (secondary N) is 2. The molecule has 1 saturated heterocycles. The predicted octanol–water partition coefficient (Wildman–Crippen LogP) is 3.04. The number of likely N-dealkylation sites (N-methyl/N-ethyl adjacent to an activating group) is 1. The van der Waals surface area contributed by atoms with Crippen LogP contribution in [0.5, 0.6) is 0 Å². The molecule has 1 aliphatic rings. The second kappa shape index (κ2) is 11.0. The molecule has 1 aromatic heterocycles. The number of nitrogens with zero attached hydrogens (tertiary/aromatic N) is 4. The fraction of sp³-hybridized carbons (Fsp3) is 0.500. The van der Waals surface area contributed by atoms with Gasteiger partial charge in [-0.2, -0.15) is 0 Å². The van der Waals surface area contributed by atoms with E-state index in [1.54, 1.807) is 0 Å². The van der Waals surface area contributed by atoms with Crippen molar-refractivity contribution in [2.75, 3.05) is 38.6 Å². The first-order chi connectivity index (χ1) is 14.5. The predicted molar refractivity (Wildman–Crippen MR) is 126 cm³/mol. The number of hydrogen-bond donors (Lipinski definition) is 2. The third-order valence-corrected chi connectivity index (χ3v) is 5.87. The van der Waals surface area contributed by atoms with Crippen LogP contribution >= 0.6 is 0 Å². The first-order valence-corrected chi connectivity index (χ1v) is 10.9. The molecule has 1 unspecified atom stereocenters. The molecule has 6 heteroatoms. The van der Waals surface area contributed by atoms with Crippen molar-refractivity contribution in [3.8, 4) is 0 Å². The number of aromatic nitrogens is 1. The van der Waals surface area contributed by atoms with Gasteiger partial charge < -0.3 is 15.5 Å². The van der Waals surface area contributed by atoms with Gasteiger partial charge in [0.25, 0.3) is 0 Å². The maximum Gasteiger partial charge on any atom is 0.191 e. The molecule has 0 bridgehead atoms. The van der Waals surface area contributed by atoms with Crippen LogP contribution in [0.2, 0.25) is 0 Å². The summed E-state index contributed by atoms with van der Waals surface area (Å²) >= 11 is 0. The monoisotopic (exact) mass is 408 g/mol. The maximum absolute atomic E-state index is 4.56. The van der Waals surface area contributed by atoms with Crippen LogP contribution in [-0.2, 0) is 6.54 Å². The highest BCUT2D eigenvalue weighted by molar-refractivity contribution is 5.80. The Kier molecular flexibility index (Phi) is 8.08. The van der Waals surface area contributed by atoms with Gasteiger partial charge in [-0.3, -0.25) is 9.89 Å². The third kappa shape index (κ3) is 6.46. The van der Waals surface area contributed by atoms with Gasteiger partial charge in [-0.05, 0) is 50.9 Å². The fourth-order valence-electron chi connectivity index (χ4n) is 3.72. The minimum absolute atomic E-state index is 0.401. The van der Waals surface area contributed by atoms with E-state index in [-0.39, 0.29) is 0 Å². The number of piperidine rings is 1. The lowest BCUT2D eigenvalue weighted by atomic mass is 10.1. The minimum Gasteiger partial charge on any atom is -0.356 e. The Morgan fingerprint density at radius 1 is 1.20 bits per heavy atom. The van der Waals surface area contributed by atoms with Gasteiger partial charge in [0.15, 0.2) is 5.96 Å². The third-order valence-electron chi connectivity index (χ3n) is 5.87. The summed E-state index contributed by atoms with van der Waals surface area (Å²) in [5.41, 5.74) is 2.54. The number of hydrogen-bond acceptors (Lipinski definition) is 4. The van der Waals surface area contributed by atoms with Crippen LogP contribution < -0.4 is 15.5 Å². The molecule has 2 aromatic rings. The van der Waals surface area contributed by atoms with E-state index in [0.29, 0.717) is 12.1 Å². The highest BCUT2D eigenvalue weighted by Gasteiger charge is 2.21. The zero-order valence-electron chi connectivity index (χ0n) is 18.8. The molecule has 30 heavy (non-hydrogen) atoms. The topological polar surface area (TPSA) is 55.8 Å². The van der Waals surface area contributed by atoms with E-state index in [1.165, 1.54) is 11.1 Å². The highest BCUT2D eigenvalue weighted by atomic mass is 15.2. The zero-order chi connectivity index (χ0) is 21.3. The van der Waals surface area contributed by atoms with Crippen molar-refractivity contribution in [2.24, 2.45) is 4.99 Å². The lowest BCUT2D eigenvalue weighted by Gasteiger charge is -2.34. The van der Waals surface area contributed by atoms with Gasteiger partial charge in [-0.1, -0.05) is 36.4 Å². The number of rotatable bonds is 7. The summed E-state index contributed by atoms with van der Waals surface area (Å²) in [5.74, 6) is 1.97. The first-order valence-electron chi connectivity index (χ1n) is 10.9. The molecule has 0 radical (unpaired) electrons. The Hall–Kier alpha value is -2.60. The van der Waals surface area contributed by atoms with Gasteiger partial charge in [-0.25, -0.2) is 4.98 Å². The van der Waals surface area contributed by atoms with Crippen LogP contribution in [0.15, 0.2) is 53.7 Å². The summed E-state index contributed by atoms with van der Waals surface area (Å²) in [6, 6.07) is 15.7. The summed E-state index contributed by atoms with van der Waals surface area (Å²) < 4.78 is 0. The summed E-state index contributed by atoms with van der Waals surface area (Å²) in [4.78, 5) is 13.7. The quantitative estimate of drug-likeness (QED) is 0.545. The van der Waals surface area contributed by atoms with Crippen LogP contribution in [0.3, 0.4) is 0 Å². The number of aliphatic imine (C=N–C) groups is 1. The summed E-state index contributed by atoms with van der Waals surface area (Å²) in [6.07, 6.45) is 4.11. The summed E-state index contributed by atoms with van der Waals surface area (Å²) in [6.45, 7) is 8.15. The SMILES string of the molecule is CN=C(NCC(C)N(C)Cc1ccccc1)NC1CCN(c2ccc(C)cn2)CC1. The summed E-state index contributed by atoms with van der Waals surface area (Å²) in [7, 11) is 4.02. The lowest BCUT2D eigenvalue weighted by Crippen LogP contribution is -2.51. The molecule has 2 heterocycles. The fourth-order valence-corrected chi connectivity index (χ4v) is 3.72. The van der Waals surface area contributed by atoms with Crippen molar-refractivity contribution >= 4 is 11.8 Å². The van der Waals surface area contributed by atoms with E-state index < -0.39 is 0 Å². The number of anilines is 1. The first kappa shape index (κ1) is 22.1. The Labute approximate surface area is 181 Å². The number of aryl methyl sites for hydroxylation is 1. The molecule has 6 nitrogen and oxygen atoms in total. The van der Waals surface area contributed by atoms with E-state index in [1.807, 2.05) is 13.2 Å². The average molecular weight is 409 g/mol. The molecule has 1 aromatic carbocycles. The van der Waals surface area contributed by atoms with Gasteiger partial charge in [-0.15, -0.1) is 0 Å². The number of pyridine rings is 1. The van der Waals surface area contributed by atoms with Crippen molar-refractivity contribution < 1.29 is 0 Å². The smallest absolute Gasteiger partial charge is 0.191 e. The maximum atomic E-state index is 4.56. The van der Waals surface area contributed by atoms with Crippen LogP contribution in [0.25, 0.3) is 0 Å². The van der Waals surface area contributed by atoms with Gasteiger partial charge in [0.1, 0.15) is 5.82 Å². The van der Waals surface area contributed by atoms with Crippen molar-refractivity contribution in [3.63, 3.8) is 0 Å². The van der Waals surface area contributed by atoms with Crippen molar-refractivity contribution in [1.82, 2.24) is 20.5 Å². The average Bonchev–Trinajstić information content (AvgIpc) is 2.78. The van der Waals surface area contributed by atoms with Crippen LogP contribution in [0, 0.1) is 6.92 Å². The van der Waals surface area contributed by atoms with Crippen molar-refractivity contribution in [2.45, 2.75) is 45.3 Å². The Bertz CT molecular complexity index is 781.